The van der Waals surface area contributed by atoms with Gasteiger partial charge in [-0.2, -0.15) is 0 Å². The molecule has 0 saturated carbocycles. The molecule has 2 amide bonds. The zero-order chi connectivity index (χ0) is 18.7. The summed E-state index contributed by atoms with van der Waals surface area (Å²) in [5, 5.41) is 3.64. The molecule has 3 rings (SSSR count). The van der Waals surface area contributed by atoms with Gasteiger partial charge in [0.2, 0.25) is 11.8 Å². The van der Waals surface area contributed by atoms with Crippen LogP contribution in [0.5, 0.6) is 0 Å². The number of nitrogens with one attached hydrogen (secondary N) is 1. The second kappa shape index (κ2) is 8.06. The van der Waals surface area contributed by atoms with Crippen LogP contribution in [0.3, 0.4) is 0 Å². The van der Waals surface area contributed by atoms with Gasteiger partial charge in [0, 0.05) is 35.2 Å². The lowest BCUT2D eigenvalue weighted by atomic mass is 10.1. The first kappa shape index (κ1) is 18.7. The summed E-state index contributed by atoms with van der Waals surface area (Å²) in [6.45, 7) is 0.578. The summed E-state index contributed by atoms with van der Waals surface area (Å²) in [7, 11) is 0. The van der Waals surface area contributed by atoms with E-state index >= 15 is 0 Å². The predicted molar refractivity (Wildman–Crippen MR) is 100 cm³/mol. The molecule has 1 heterocycles. The Balaban J connectivity index is 1.58. The minimum atomic E-state index is -0.458. The van der Waals surface area contributed by atoms with Crippen molar-refractivity contribution in [2.75, 3.05) is 18.0 Å². The number of nitrogens with zero attached hydrogens (tertiary/aromatic N) is 1. The summed E-state index contributed by atoms with van der Waals surface area (Å²) >= 11 is 12.0. The van der Waals surface area contributed by atoms with E-state index in [1.54, 1.807) is 36.4 Å². The molecule has 1 unspecified atom stereocenters. The molecule has 7 heteroatoms. The van der Waals surface area contributed by atoms with Gasteiger partial charge in [-0.1, -0.05) is 41.4 Å². The Morgan fingerprint density at radius 3 is 2.58 bits per heavy atom. The Morgan fingerprint density at radius 2 is 1.88 bits per heavy atom. The number of amides is 2. The molecule has 1 atom stereocenters. The van der Waals surface area contributed by atoms with Crippen LogP contribution in [0, 0.1) is 11.7 Å². The lowest BCUT2D eigenvalue weighted by Crippen LogP contribution is -2.34. The molecule has 2 aromatic rings. The van der Waals surface area contributed by atoms with Crippen LogP contribution in [0.25, 0.3) is 0 Å². The molecule has 1 saturated heterocycles. The van der Waals surface area contributed by atoms with E-state index < -0.39 is 5.92 Å². The smallest absolute Gasteiger partial charge is 0.227 e. The molecule has 1 N–H and O–H groups in total. The number of halogens is 3. The molecule has 0 spiro atoms. The minimum absolute atomic E-state index is 0.121. The Bertz CT molecular complexity index is 824. The summed E-state index contributed by atoms with van der Waals surface area (Å²) in [5.41, 5.74) is 1.12. The largest absolute Gasteiger partial charge is 0.355 e. The molecule has 4 nitrogen and oxygen atoms in total. The van der Waals surface area contributed by atoms with E-state index in [9.17, 15) is 14.0 Å². The van der Waals surface area contributed by atoms with Crippen LogP contribution < -0.4 is 10.2 Å². The Kier molecular flexibility index (Phi) is 5.79. The van der Waals surface area contributed by atoms with Crippen molar-refractivity contribution >= 4 is 40.7 Å². The van der Waals surface area contributed by atoms with Gasteiger partial charge < -0.3 is 10.2 Å². The SMILES string of the molecule is O=C(NCCc1ccccc1F)C1CC(=O)N(c2cc(Cl)cc(Cl)c2)C1. The maximum absolute atomic E-state index is 13.6. The predicted octanol–water partition coefficient (Wildman–Crippen LogP) is 3.84. The molecule has 0 aliphatic carbocycles. The van der Waals surface area contributed by atoms with E-state index in [2.05, 4.69) is 5.32 Å². The molecule has 1 aliphatic heterocycles. The quantitative estimate of drug-likeness (QED) is 0.837. The van der Waals surface area contributed by atoms with Crippen LogP contribution in [-0.2, 0) is 16.0 Å². The van der Waals surface area contributed by atoms with Crippen molar-refractivity contribution in [1.29, 1.82) is 0 Å². The van der Waals surface area contributed by atoms with Crippen molar-refractivity contribution in [3.8, 4) is 0 Å². The van der Waals surface area contributed by atoms with Gasteiger partial charge in [0.1, 0.15) is 5.82 Å². The van der Waals surface area contributed by atoms with Crippen LogP contribution in [0.1, 0.15) is 12.0 Å². The van der Waals surface area contributed by atoms with Gasteiger partial charge in [0.05, 0.1) is 5.92 Å². The van der Waals surface area contributed by atoms with Gasteiger partial charge >= 0.3 is 0 Å². The lowest BCUT2D eigenvalue weighted by molar-refractivity contribution is -0.126. The van der Waals surface area contributed by atoms with Gasteiger partial charge in [0.15, 0.2) is 0 Å². The van der Waals surface area contributed by atoms with Gasteiger partial charge in [-0.05, 0) is 36.2 Å². The Hall–Kier alpha value is -2.11. The van der Waals surface area contributed by atoms with Gasteiger partial charge in [-0.3, -0.25) is 9.59 Å². The molecule has 0 radical (unpaired) electrons. The van der Waals surface area contributed by atoms with Crippen molar-refractivity contribution in [1.82, 2.24) is 5.32 Å². The first-order valence-electron chi connectivity index (χ1n) is 8.21. The van der Waals surface area contributed by atoms with Crippen LogP contribution in [0.15, 0.2) is 42.5 Å². The Morgan fingerprint density at radius 1 is 1.19 bits per heavy atom. The summed E-state index contributed by atoms with van der Waals surface area (Å²) in [6, 6.07) is 11.3. The molecule has 0 aromatic heterocycles. The van der Waals surface area contributed by atoms with E-state index in [1.165, 1.54) is 11.0 Å². The Labute approximate surface area is 160 Å². The highest BCUT2D eigenvalue weighted by Crippen LogP contribution is 2.30. The molecule has 1 aliphatic rings. The number of anilines is 1. The van der Waals surface area contributed by atoms with Crippen molar-refractivity contribution in [2.45, 2.75) is 12.8 Å². The van der Waals surface area contributed by atoms with E-state index in [0.29, 0.717) is 34.3 Å². The first-order valence-corrected chi connectivity index (χ1v) is 8.97. The van der Waals surface area contributed by atoms with Crippen molar-refractivity contribution in [2.24, 2.45) is 5.92 Å². The molecular weight excluding hydrogens is 378 g/mol. The normalized spacial score (nSPS) is 16.8. The average molecular weight is 395 g/mol. The van der Waals surface area contributed by atoms with Crippen LogP contribution >= 0.6 is 23.2 Å². The number of hydrogen-bond donors (Lipinski definition) is 1. The third-order valence-corrected chi connectivity index (χ3v) is 4.74. The number of benzene rings is 2. The second-order valence-corrected chi connectivity index (χ2v) is 7.04. The molecule has 0 bridgehead atoms. The third-order valence-electron chi connectivity index (χ3n) is 4.31. The fraction of sp³-hybridized carbons (Fsp3) is 0.263. The highest BCUT2D eigenvalue weighted by molar-refractivity contribution is 6.35. The summed E-state index contributed by atoms with van der Waals surface area (Å²) in [5.74, 6) is -1.12. The second-order valence-electron chi connectivity index (χ2n) is 6.17. The molecule has 136 valence electrons. The van der Waals surface area contributed by atoms with E-state index in [0.717, 1.165) is 0 Å². The zero-order valence-corrected chi connectivity index (χ0v) is 15.4. The topological polar surface area (TPSA) is 49.4 Å². The van der Waals surface area contributed by atoms with E-state index in [-0.39, 0.29) is 30.6 Å². The number of hydrogen-bond acceptors (Lipinski definition) is 2. The fourth-order valence-corrected chi connectivity index (χ4v) is 3.51. The monoisotopic (exact) mass is 394 g/mol. The first-order chi connectivity index (χ1) is 12.4. The van der Waals surface area contributed by atoms with Crippen LogP contribution in [0.4, 0.5) is 10.1 Å². The van der Waals surface area contributed by atoms with E-state index in [1.807, 2.05) is 0 Å². The fourth-order valence-electron chi connectivity index (χ4n) is 2.99. The minimum Gasteiger partial charge on any atom is -0.355 e. The lowest BCUT2D eigenvalue weighted by Gasteiger charge is -2.17. The van der Waals surface area contributed by atoms with Crippen molar-refractivity contribution in [3.63, 3.8) is 0 Å². The molecule has 26 heavy (non-hydrogen) atoms. The highest BCUT2D eigenvalue weighted by Gasteiger charge is 2.35. The van der Waals surface area contributed by atoms with Gasteiger partial charge in [-0.25, -0.2) is 4.39 Å². The maximum Gasteiger partial charge on any atom is 0.227 e. The number of carbonyl (C=O) groups is 2. The highest BCUT2D eigenvalue weighted by atomic mass is 35.5. The van der Waals surface area contributed by atoms with Crippen molar-refractivity contribution < 1.29 is 14.0 Å². The van der Waals surface area contributed by atoms with Gasteiger partial charge in [0.25, 0.3) is 0 Å². The zero-order valence-electron chi connectivity index (χ0n) is 13.8. The van der Waals surface area contributed by atoms with Crippen molar-refractivity contribution in [3.05, 3.63) is 63.9 Å². The molecular formula is C19H17Cl2FN2O2. The standard InChI is InChI=1S/C19H17Cl2FN2O2/c20-14-8-15(21)10-16(9-14)24-11-13(7-18(24)25)19(26)23-6-5-12-3-1-2-4-17(12)22/h1-4,8-10,13H,5-7,11H2,(H,23,26). The molecule has 2 aromatic carbocycles. The number of rotatable bonds is 5. The van der Waals surface area contributed by atoms with Crippen LogP contribution in [0.2, 0.25) is 10.0 Å². The number of carbonyl (C=O) groups excluding carboxylic acids is 2. The average Bonchev–Trinajstić information content (AvgIpc) is 2.97. The summed E-state index contributed by atoms with van der Waals surface area (Å²) in [6.07, 6.45) is 0.516. The molecule has 1 fully saturated rings. The van der Waals surface area contributed by atoms with Crippen LogP contribution in [-0.4, -0.2) is 24.9 Å². The van der Waals surface area contributed by atoms with Gasteiger partial charge in [-0.15, -0.1) is 0 Å². The van der Waals surface area contributed by atoms with E-state index in [4.69, 9.17) is 23.2 Å². The summed E-state index contributed by atoms with van der Waals surface area (Å²) in [4.78, 5) is 26.1. The maximum atomic E-state index is 13.6. The third kappa shape index (κ3) is 4.34. The summed E-state index contributed by atoms with van der Waals surface area (Å²) < 4.78 is 13.6.